The number of likely N-dealkylation sites (tertiary alicyclic amines) is 1. The van der Waals surface area contributed by atoms with Crippen molar-refractivity contribution in [1.82, 2.24) is 10.2 Å². The standard InChI is InChI=1S/C15H30N2/c1-4-17-11-7-8-14(12-17)15(13(2)3)9-5-6-10-16-15/h13-14,16H,4-12H2,1-3H3. The molecular formula is C15H30N2. The van der Waals surface area contributed by atoms with Crippen LogP contribution in [-0.4, -0.2) is 36.6 Å². The smallest absolute Gasteiger partial charge is 0.0244 e. The van der Waals surface area contributed by atoms with Gasteiger partial charge in [-0.05, 0) is 57.2 Å². The Balaban J connectivity index is 2.09. The van der Waals surface area contributed by atoms with Crippen LogP contribution in [0.3, 0.4) is 0 Å². The summed E-state index contributed by atoms with van der Waals surface area (Å²) in [5.74, 6) is 1.64. The van der Waals surface area contributed by atoms with E-state index in [-0.39, 0.29) is 0 Å². The summed E-state index contributed by atoms with van der Waals surface area (Å²) in [6.07, 6.45) is 7.02. The topological polar surface area (TPSA) is 15.3 Å². The van der Waals surface area contributed by atoms with Gasteiger partial charge in [0.2, 0.25) is 0 Å². The molecule has 2 aliphatic rings. The van der Waals surface area contributed by atoms with Crippen LogP contribution >= 0.6 is 0 Å². The molecule has 1 N–H and O–H groups in total. The van der Waals surface area contributed by atoms with E-state index in [0.29, 0.717) is 5.54 Å². The minimum absolute atomic E-state index is 0.437. The Bertz CT molecular complexity index is 231. The molecule has 17 heavy (non-hydrogen) atoms. The van der Waals surface area contributed by atoms with Gasteiger partial charge in [0.05, 0.1) is 0 Å². The van der Waals surface area contributed by atoms with Crippen molar-refractivity contribution in [2.45, 2.75) is 58.4 Å². The van der Waals surface area contributed by atoms with Gasteiger partial charge in [-0.1, -0.05) is 27.2 Å². The first-order valence-corrected chi connectivity index (χ1v) is 7.66. The molecule has 2 rings (SSSR count). The van der Waals surface area contributed by atoms with E-state index in [2.05, 4.69) is 31.0 Å². The molecule has 0 aromatic heterocycles. The lowest BCUT2D eigenvalue weighted by Crippen LogP contribution is -2.61. The second kappa shape index (κ2) is 5.71. The van der Waals surface area contributed by atoms with Gasteiger partial charge in [0.25, 0.3) is 0 Å². The lowest BCUT2D eigenvalue weighted by molar-refractivity contribution is 0.0455. The van der Waals surface area contributed by atoms with Crippen LogP contribution in [0, 0.1) is 11.8 Å². The molecule has 0 radical (unpaired) electrons. The van der Waals surface area contributed by atoms with Gasteiger partial charge in [0.15, 0.2) is 0 Å². The Hall–Kier alpha value is -0.0800. The van der Waals surface area contributed by atoms with E-state index in [1.165, 1.54) is 58.3 Å². The second-order valence-corrected chi connectivity index (χ2v) is 6.31. The molecular weight excluding hydrogens is 208 g/mol. The Morgan fingerprint density at radius 2 is 2.12 bits per heavy atom. The van der Waals surface area contributed by atoms with E-state index in [1.54, 1.807) is 0 Å². The van der Waals surface area contributed by atoms with Gasteiger partial charge in [0.1, 0.15) is 0 Å². The summed E-state index contributed by atoms with van der Waals surface area (Å²) in [7, 11) is 0. The van der Waals surface area contributed by atoms with E-state index < -0.39 is 0 Å². The van der Waals surface area contributed by atoms with Crippen LogP contribution in [0.5, 0.6) is 0 Å². The van der Waals surface area contributed by atoms with Crippen molar-refractivity contribution in [3.05, 3.63) is 0 Å². The summed E-state index contributed by atoms with van der Waals surface area (Å²) in [5, 5.41) is 3.92. The summed E-state index contributed by atoms with van der Waals surface area (Å²) in [6.45, 7) is 12.2. The fraction of sp³-hybridized carbons (Fsp3) is 1.00. The van der Waals surface area contributed by atoms with Crippen LogP contribution in [0.25, 0.3) is 0 Å². The van der Waals surface area contributed by atoms with E-state index >= 15 is 0 Å². The van der Waals surface area contributed by atoms with E-state index in [4.69, 9.17) is 0 Å². The molecule has 2 saturated heterocycles. The Morgan fingerprint density at radius 1 is 1.29 bits per heavy atom. The van der Waals surface area contributed by atoms with Gasteiger partial charge in [-0.2, -0.15) is 0 Å². The molecule has 2 atom stereocenters. The number of nitrogens with one attached hydrogen (secondary N) is 1. The monoisotopic (exact) mass is 238 g/mol. The van der Waals surface area contributed by atoms with Crippen molar-refractivity contribution in [3.8, 4) is 0 Å². The van der Waals surface area contributed by atoms with Gasteiger partial charge in [-0.3, -0.25) is 0 Å². The van der Waals surface area contributed by atoms with Gasteiger partial charge < -0.3 is 10.2 Å². The Kier molecular flexibility index (Phi) is 4.48. The predicted octanol–water partition coefficient (Wildman–Crippen LogP) is 2.89. The van der Waals surface area contributed by atoms with Crippen LogP contribution in [0.4, 0.5) is 0 Å². The summed E-state index contributed by atoms with van der Waals surface area (Å²) in [6, 6.07) is 0. The zero-order valence-corrected chi connectivity index (χ0v) is 12.0. The highest BCUT2D eigenvalue weighted by molar-refractivity contribution is 5.00. The average molecular weight is 238 g/mol. The van der Waals surface area contributed by atoms with Crippen molar-refractivity contribution >= 4 is 0 Å². The maximum absolute atomic E-state index is 3.92. The number of piperidine rings is 2. The van der Waals surface area contributed by atoms with Gasteiger partial charge in [-0.15, -0.1) is 0 Å². The fourth-order valence-electron chi connectivity index (χ4n) is 4.03. The summed E-state index contributed by atoms with van der Waals surface area (Å²) in [4.78, 5) is 2.65. The maximum Gasteiger partial charge on any atom is 0.0244 e. The molecule has 2 aliphatic heterocycles. The minimum Gasteiger partial charge on any atom is -0.311 e. The van der Waals surface area contributed by atoms with Crippen LogP contribution in [0.2, 0.25) is 0 Å². The largest absolute Gasteiger partial charge is 0.311 e. The summed E-state index contributed by atoms with van der Waals surface area (Å²) >= 11 is 0. The Morgan fingerprint density at radius 3 is 2.71 bits per heavy atom. The van der Waals surface area contributed by atoms with E-state index in [0.717, 1.165) is 11.8 Å². The number of hydrogen-bond acceptors (Lipinski definition) is 2. The molecule has 2 heterocycles. The van der Waals surface area contributed by atoms with Gasteiger partial charge >= 0.3 is 0 Å². The Labute approximate surface area is 107 Å². The van der Waals surface area contributed by atoms with Crippen molar-refractivity contribution in [2.75, 3.05) is 26.2 Å². The molecule has 2 nitrogen and oxygen atoms in total. The molecule has 0 spiro atoms. The predicted molar refractivity (Wildman–Crippen MR) is 74.3 cm³/mol. The lowest BCUT2D eigenvalue weighted by Gasteiger charge is -2.51. The van der Waals surface area contributed by atoms with Crippen molar-refractivity contribution in [1.29, 1.82) is 0 Å². The first-order chi connectivity index (χ1) is 8.19. The SMILES string of the molecule is CCN1CCCC(C2(C(C)C)CCCCN2)C1. The number of hydrogen-bond donors (Lipinski definition) is 1. The minimum atomic E-state index is 0.437. The fourth-order valence-corrected chi connectivity index (χ4v) is 4.03. The zero-order chi connectivity index (χ0) is 12.3. The van der Waals surface area contributed by atoms with Crippen LogP contribution in [-0.2, 0) is 0 Å². The average Bonchev–Trinajstić information content (AvgIpc) is 2.39. The molecule has 2 unspecified atom stereocenters. The van der Waals surface area contributed by atoms with Gasteiger partial charge in [0, 0.05) is 12.1 Å². The molecule has 0 aliphatic carbocycles. The molecule has 0 aromatic rings. The highest BCUT2D eigenvalue weighted by Crippen LogP contribution is 2.38. The van der Waals surface area contributed by atoms with Gasteiger partial charge in [-0.25, -0.2) is 0 Å². The highest BCUT2D eigenvalue weighted by atomic mass is 15.1. The molecule has 0 saturated carbocycles. The maximum atomic E-state index is 3.92. The number of nitrogens with zero attached hydrogens (tertiary/aromatic N) is 1. The molecule has 0 amide bonds. The van der Waals surface area contributed by atoms with Crippen LogP contribution < -0.4 is 5.32 Å². The summed E-state index contributed by atoms with van der Waals surface area (Å²) < 4.78 is 0. The van der Waals surface area contributed by atoms with Crippen molar-refractivity contribution in [3.63, 3.8) is 0 Å². The van der Waals surface area contributed by atoms with Crippen LogP contribution in [0.15, 0.2) is 0 Å². The van der Waals surface area contributed by atoms with Crippen molar-refractivity contribution in [2.24, 2.45) is 11.8 Å². The lowest BCUT2D eigenvalue weighted by atomic mass is 9.68. The van der Waals surface area contributed by atoms with Crippen molar-refractivity contribution < 1.29 is 0 Å². The quantitative estimate of drug-likeness (QED) is 0.813. The zero-order valence-electron chi connectivity index (χ0n) is 12.0. The normalized spacial score (nSPS) is 36.4. The highest BCUT2D eigenvalue weighted by Gasteiger charge is 2.43. The molecule has 2 heteroatoms. The molecule has 0 aromatic carbocycles. The third-order valence-electron chi connectivity index (χ3n) is 5.18. The molecule has 2 fully saturated rings. The van der Waals surface area contributed by atoms with E-state index in [9.17, 15) is 0 Å². The van der Waals surface area contributed by atoms with E-state index in [1.807, 2.05) is 0 Å². The third-order valence-corrected chi connectivity index (χ3v) is 5.18. The van der Waals surface area contributed by atoms with Crippen LogP contribution in [0.1, 0.15) is 52.9 Å². The first-order valence-electron chi connectivity index (χ1n) is 7.66. The number of rotatable bonds is 3. The summed E-state index contributed by atoms with van der Waals surface area (Å²) in [5.41, 5.74) is 0.437. The first kappa shape index (κ1) is 13.4. The molecule has 100 valence electrons. The molecule has 0 bridgehead atoms. The third kappa shape index (κ3) is 2.68. The second-order valence-electron chi connectivity index (χ2n) is 6.31.